The zero-order valence-electron chi connectivity index (χ0n) is 14.8. The molecule has 2 heterocycles. The normalized spacial score (nSPS) is 17.6. The summed E-state index contributed by atoms with van der Waals surface area (Å²) in [5.41, 5.74) is 3.56. The number of nitrogens with one attached hydrogen (secondary N) is 2. The molecule has 0 radical (unpaired) electrons. The number of benzene rings is 2. The van der Waals surface area contributed by atoms with Crippen LogP contribution in [0.4, 0.5) is 0 Å². The fraction of sp³-hybridized carbons (Fsp3) is 0.250. The number of H-pyrrole nitrogens is 1. The van der Waals surface area contributed by atoms with Crippen LogP contribution < -0.4 is 11.1 Å². The minimum Gasteiger partial charge on any atom is -0.408 e. The summed E-state index contributed by atoms with van der Waals surface area (Å²) >= 11 is 0. The fourth-order valence-electron chi connectivity index (χ4n) is 3.31. The van der Waals surface area contributed by atoms with Crippen molar-refractivity contribution in [3.63, 3.8) is 0 Å². The number of hydrogen-bond acceptors (Lipinski definition) is 4. The van der Waals surface area contributed by atoms with Crippen molar-refractivity contribution in [3.05, 3.63) is 58.6 Å². The number of fused-ring (bicyclic) bond motifs is 1. The Morgan fingerprint density at radius 1 is 1.11 bits per heavy atom. The second kappa shape index (κ2) is 6.75. The Morgan fingerprint density at radius 3 is 2.63 bits per heavy atom. The largest absolute Gasteiger partial charge is 0.417 e. The third-order valence-electron chi connectivity index (χ3n) is 4.85. The van der Waals surface area contributed by atoms with E-state index in [1.54, 1.807) is 23.1 Å². The minimum absolute atomic E-state index is 0.0276. The molecule has 1 fully saturated rings. The van der Waals surface area contributed by atoms with Gasteiger partial charge in [-0.2, -0.15) is 0 Å². The smallest absolute Gasteiger partial charge is 0.408 e. The van der Waals surface area contributed by atoms with Crippen molar-refractivity contribution in [3.8, 4) is 11.1 Å². The summed E-state index contributed by atoms with van der Waals surface area (Å²) in [4.78, 5) is 40.0. The van der Waals surface area contributed by atoms with E-state index in [-0.39, 0.29) is 17.9 Å². The van der Waals surface area contributed by atoms with Gasteiger partial charge < -0.3 is 14.6 Å². The van der Waals surface area contributed by atoms with Crippen LogP contribution in [0.1, 0.15) is 23.7 Å². The molecule has 0 bridgehead atoms. The number of nitrogens with zero attached hydrogens (tertiary/aromatic N) is 1. The number of oxazole rings is 1. The van der Waals surface area contributed by atoms with Crippen LogP contribution in [-0.2, 0) is 4.79 Å². The third kappa shape index (κ3) is 3.36. The van der Waals surface area contributed by atoms with Gasteiger partial charge in [-0.1, -0.05) is 18.2 Å². The highest BCUT2D eigenvalue weighted by Gasteiger charge is 2.25. The first-order chi connectivity index (χ1) is 13.0. The molecule has 1 atom stereocenters. The molecule has 27 heavy (non-hydrogen) atoms. The van der Waals surface area contributed by atoms with Crippen molar-refractivity contribution in [2.45, 2.75) is 19.4 Å². The Kier molecular flexibility index (Phi) is 4.27. The number of amides is 2. The summed E-state index contributed by atoms with van der Waals surface area (Å²) in [6.45, 7) is 2.81. The molecule has 1 saturated heterocycles. The Hall–Kier alpha value is -3.35. The van der Waals surface area contributed by atoms with Crippen molar-refractivity contribution in [2.75, 3.05) is 13.1 Å². The molecule has 138 valence electrons. The summed E-state index contributed by atoms with van der Waals surface area (Å²) in [5.74, 6) is -0.594. The summed E-state index contributed by atoms with van der Waals surface area (Å²) in [6.07, 6.45) is 0.317. The zero-order valence-corrected chi connectivity index (χ0v) is 14.8. The molecule has 0 spiro atoms. The lowest BCUT2D eigenvalue weighted by molar-refractivity contribution is -0.120. The maximum atomic E-state index is 12.8. The quantitative estimate of drug-likeness (QED) is 0.727. The molecule has 0 saturated carbocycles. The highest BCUT2D eigenvalue weighted by atomic mass is 16.4. The number of carbonyl (C=O) groups excluding carboxylic acids is 2. The number of aromatic nitrogens is 1. The van der Waals surface area contributed by atoms with E-state index >= 15 is 0 Å². The Morgan fingerprint density at radius 2 is 1.85 bits per heavy atom. The number of aromatic amines is 1. The molecule has 2 aromatic carbocycles. The monoisotopic (exact) mass is 365 g/mol. The van der Waals surface area contributed by atoms with Crippen LogP contribution in [0.15, 0.2) is 51.7 Å². The van der Waals surface area contributed by atoms with Gasteiger partial charge in [0.2, 0.25) is 5.91 Å². The van der Waals surface area contributed by atoms with Gasteiger partial charge in [0.05, 0.1) is 5.52 Å². The summed E-state index contributed by atoms with van der Waals surface area (Å²) in [7, 11) is 0. The molecule has 1 aromatic heterocycles. The van der Waals surface area contributed by atoms with Crippen LogP contribution in [0, 0.1) is 0 Å². The third-order valence-corrected chi connectivity index (χ3v) is 4.85. The molecule has 7 heteroatoms. The van der Waals surface area contributed by atoms with Crippen LogP contribution in [-0.4, -0.2) is 40.8 Å². The van der Waals surface area contributed by atoms with Crippen LogP contribution in [0.5, 0.6) is 0 Å². The molecular weight excluding hydrogens is 346 g/mol. The van der Waals surface area contributed by atoms with E-state index in [1.807, 2.05) is 31.2 Å². The topological polar surface area (TPSA) is 95.4 Å². The molecular formula is C20H19N3O4. The Bertz CT molecular complexity index is 1060. The van der Waals surface area contributed by atoms with E-state index < -0.39 is 5.76 Å². The van der Waals surface area contributed by atoms with Crippen LogP contribution in [0.2, 0.25) is 0 Å². The Labute approximate surface area is 155 Å². The van der Waals surface area contributed by atoms with Gasteiger partial charge in [0.25, 0.3) is 5.91 Å². The molecule has 4 rings (SSSR count). The van der Waals surface area contributed by atoms with Gasteiger partial charge in [-0.3, -0.25) is 14.6 Å². The lowest BCUT2D eigenvalue weighted by Gasteiger charge is -2.26. The molecule has 7 nitrogen and oxygen atoms in total. The highest BCUT2D eigenvalue weighted by Crippen LogP contribution is 2.24. The van der Waals surface area contributed by atoms with Gasteiger partial charge in [0.1, 0.15) is 0 Å². The van der Waals surface area contributed by atoms with Gasteiger partial charge in [0.15, 0.2) is 5.58 Å². The predicted octanol–water partition coefficient (Wildman–Crippen LogP) is 2.14. The molecule has 1 aliphatic rings. The van der Waals surface area contributed by atoms with E-state index in [2.05, 4.69) is 10.3 Å². The van der Waals surface area contributed by atoms with Gasteiger partial charge in [-0.25, -0.2) is 4.79 Å². The second-order valence-corrected chi connectivity index (χ2v) is 6.70. The van der Waals surface area contributed by atoms with Crippen LogP contribution >= 0.6 is 0 Å². The molecule has 2 amide bonds. The second-order valence-electron chi connectivity index (χ2n) is 6.70. The summed E-state index contributed by atoms with van der Waals surface area (Å²) in [6, 6.07) is 12.7. The maximum absolute atomic E-state index is 12.8. The lowest BCUT2D eigenvalue weighted by Crippen LogP contribution is -2.41. The molecule has 0 aliphatic carbocycles. The van der Waals surface area contributed by atoms with Gasteiger partial charge >= 0.3 is 5.76 Å². The van der Waals surface area contributed by atoms with E-state index in [9.17, 15) is 14.4 Å². The zero-order chi connectivity index (χ0) is 19.0. The van der Waals surface area contributed by atoms with E-state index in [0.29, 0.717) is 36.2 Å². The molecule has 2 N–H and O–H groups in total. The molecule has 1 aliphatic heterocycles. The van der Waals surface area contributed by atoms with E-state index in [1.165, 1.54) is 0 Å². The van der Waals surface area contributed by atoms with E-state index in [4.69, 9.17) is 4.42 Å². The lowest BCUT2D eigenvalue weighted by atomic mass is 10.0. The molecule has 1 unspecified atom stereocenters. The van der Waals surface area contributed by atoms with Gasteiger partial charge in [-0.15, -0.1) is 0 Å². The van der Waals surface area contributed by atoms with Crippen molar-refractivity contribution < 1.29 is 14.0 Å². The summed E-state index contributed by atoms with van der Waals surface area (Å²) < 4.78 is 5.01. The average Bonchev–Trinajstić information content (AvgIpc) is 2.96. The fourth-order valence-corrected chi connectivity index (χ4v) is 3.31. The molecule has 3 aromatic rings. The first-order valence-corrected chi connectivity index (χ1v) is 8.82. The minimum atomic E-state index is -0.484. The van der Waals surface area contributed by atoms with Crippen molar-refractivity contribution >= 4 is 22.9 Å². The van der Waals surface area contributed by atoms with Crippen molar-refractivity contribution in [2.24, 2.45) is 0 Å². The summed E-state index contributed by atoms with van der Waals surface area (Å²) in [5, 5.41) is 2.81. The van der Waals surface area contributed by atoms with Gasteiger partial charge in [0, 0.05) is 31.1 Å². The van der Waals surface area contributed by atoms with Crippen LogP contribution in [0.25, 0.3) is 22.2 Å². The highest BCUT2D eigenvalue weighted by molar-refractivity contribution is 5.95. The van der Waals surface area contributed by atoms with Crippen LogP contribution in [0.3, 0.4) is 0 Å². The maximum Gasteiger partial charge on any atom is 0.417 e. The first-order valence-electron chi connectivity index (χ1n) is 8.82. The Balaban J connectivity index is 1.58. The number of rotatable bonds is 2. The van der Waals surface area contributed by atoms with Crippen molar-refractivity contribution in [1.82, 2.24) is 15.2 Å². The standard InChI is InChI=1S/C20H19N3O4/c1-12-11-21-18(24)8-9-23(12)19(25)14-4-2-13(3-5-14)15-6-7-17-16(10-15)22-20(26)27-17/h2-7,10,12H,8-9,11H2,1H3,(H,21,24)(H,22,26). The first kappa shape index (κ1) is 17.1. The average molecular weight is 365 g/mol. The van der Waals surface area contributed by atoms with Crippen molar-refractivity contribution in [1.29, 1.82) is 0 Å². The SMILES string of the molecule is CC1CNC(=O)CCN1C(=O)c1ccc(-c2ccc3oc(=O)[nH]c3c2)cc1. The number of hydrogen-bond donors (Lipinski definition) is 2. The van der Waals surface area contributed by atoms with Gasteiger partial charge in [-0.05, 0) is 42.3 Å². The predicted molar refractivity (Wildman–Crippen MR) is 100 cm³/mol. The number of carbonyl (C=O) groups is 2. The van der Waals surface area contributed by atoms with E-state index in [0.717, 1.165) is 11.1 Å².